The second kappa shape index (κ2) is 9.48. The molecule has 1 aliphatic carbocycles. The van der Waals surface area contributed by atoms with E-state index in [4.69, 9.17) is 23.7 Å². The van der Waals surface area contributed by atoms with Gasteiger partial charge in [0, 0.05) is 33.1 Å². The molecular formula is C21H31IO8Si. The van der Waals surface area contributed by atoms with E-state index < -0.39 is 50.6 Å². The summed E-state index contributed by atoms with van der Waals surface area (Å²) in [6.45, 7) is 10.7. The van der Waals surface area contributed by atoms with Crippen LogP contribution in [0.5, 0.6) is 0 Å². The predicted octanol–water partition coefficient (Wildman–Crippen LogP) is 3.20. The normalized spacial score (nSPS) is 37.2. The number of ether oxygens (including phenoxy) is 5. The van der Waals surface area contributed by atoms with E-state index in [9.17, 15) is 14.4 Å². The van der Waals surface area contributed by atoms with Gasteiger partial charge in [0.25, 0.3) is 0 Å². The highest BCUT2D eigenvalue weighted by molar-refractivity contribution is 14.1. The van der Waals surface area contributed by atoms with Gasteiger partial charge in [-0.3, -0.25) is 14.4 Å². The summed E-state index contributed by atoms with van der Waals surface area (Å²) >= 11 is 2.36. The molecule has 2 heterocycles. The minimum absolute atomic E-state index is 0.0762. The van der Waals surface area contributed by atoms with Gasteiger partial charge in [0.05, 0.1) is 20.1 Å². The van der Waals surface area contributed by atoms with Crippen LogP contribution in [0.15, 0.2) is 9.66 Å². The number of rotatable bonds is 5. The van der Waals surface area contributed by atoms with Crippen LogP contribution in [-0.2, 0) is 38.1 Å². The number of allylic oxidation sites excluding steroid dienone is 1. The third kappa shape index (κ3) is 5.51. The lowest BCUT2D eigenvalue weighted by molar-refractivity contribution is -0.273. The Balaban J connectivity index is 2.01. The minimum Gasteiger partial charge on any atom is -0.463 e. The number of hydrogen-bond acceptors (Lipinski definition) is 8. The van der Waals surface area contributed by atoms with E-state index in [1.807, 2.05) is 0 Å². The van der Waals surface area contributed by atoms with Gasteiger partial charge in [-0.15, -0.1) is 0 Å². The van der Waals surface area contributed by atoms with Crippen molar-refractivity contribution in [1.29, 1.82) is 0 Å². The number of carbonyl (C=O) groups excluding carboxylic acids is 3. The van der Waals surface area contributed by atoms with Crippen LogP contribution >= 0.6 is 22.6 Å². The van der Waals surface area contributed by atoms with Crippen LogP contribution in [0.1, 0.15) is 27.2 Å². The lowest BCUT2D eigenvalue weighted by atomic mass is 9.76. The summed E-state index contributed by atoms with van der Waals surface area (Å²) in [6, 6.07) is 0. The number of hydrogen-bond donors (Lipinski definition) is 0. The zero-order valence-corrected chi connectivity index (χ0v) is 21.9. The van der Waals surface area contributed by atoms with Crippen molar-refractivity contribution in [3.8, 4) is 0 Å². The maximum absolute atomic E-state index is 12.1. The molecule has 0 aromatic carbocycles. The van der Waals surface area contributed by atoms with Gasteiger partial charge in [-0.1, -0.05) is 25.7 Å². The highest BCUT2D eigenvalue weighted by Gasteiger charge is 2.62. The number of carbonyl (C=O) groups is 3. The van der Waals surface area contributed by atoms with E-state index >= 15 is 0 Å². The summed E-state index contributed by atoms with van der Waals surface area (Å²) in [7, 11) is -1.67. The SMILES string of the molecule is CC(=O)OC[C@H]1O[C@@H]2O[C@@H]3CC(I)=C[C@H]([Si](C)(C)C)[C@H]3[C@@H]2[C@@H](OC(C)=O)[C@@H]1OC(C)=O. The first-order valence-corrected chi connectivity index (χ1v) is 15.2. The fraction of sp³-hybridized carbons (Fsp3) is 0.762. The first kappa shape index (κ1) is 24.7. The maximum Gasteiger partial charge on any atom is 0.303 e. The molecule has 0 unspecified atom stereocenters. The van der Waals surface area contributed by atoms with Crippen molar-refractivity contribution in [1.82, 2.24) is 0 Å². The van der Waals surface area contributed by atoms with Gasteiger partial charge >= 0.3 is 17.9 Å². The summed E-state index contributed by atoms with van der Waals surface area (Å²) in [5, 5.41) is 0. The van der Waals surface area contributed by atoms with Gasteiger partial charge in [0.15, 0.2) is 12.4 Å². The molecule has 10 heteroatoms. The molecule has 2 aliphatic heterocycles. The molecular weight excluding hydrogens is 535 g/mol. The largest absolute Gasteiger partial charge is 0.463 e. The van der Waals surface area contributed by atoms with Crippen LogP contribution in [0.25, 0.3) is 0 Å². The van der Waals surface area contributed by atoms with Crippen molar-refractivity contribution < 1.29 is 38.1 Å². The summed E-state index contributed by atoms with van der Waals surface area (Å²) in [5.74, 6) is -1.68. The molecule has 0 N–H and O–H groups in total. The fourth-order valence-corrected chi connectivity index (χ4v) is 8.47. The average molecular weight is 566 g/mol. The Hall–Kier alpha value is -0.983. The first-order chi connectivity index (χ1) is 14.4. The van der Waals surface area contributed by atoms with Gasteiger partial charge in [0.2, 0.25) is 0 Å². The van der Waals surface area contributed by atoms with Gasteiger partial charge in [-0.25, -0.2) is 0 Å². The van der Waals surface area contributed by atoms with Gasteiger partial charge in [0.1, 0.15) is 18.8 Å². The van der Waals surface area contributed by atoms with Gasteiger partial charge in [-0.2, -0.15) is 0 Å². The van der Waals surface area contributed by atoms with Crippen molar-refractivity contribution in [3.05, 3.63) is 9.66 Å². The molecule has 2 fully saturated rings. The lowest BCUT2D eigenvalue weighted by Gasteiger charge is -2.46. The zero-order valence-electron chi connectivity index (χ0n) is 18.8. The second-order valence-corrected chi connectivity index (χ2v) is 16.3. The zero-order chi connectivity index (χ0) is 23.1. The molecule has 3 rings (SSSR count). The predicted molar refractivity (Wildman–Crippen MR) is 122 cm³/mol. The third-order valence-electron chi connectivity index (χ3n) is 6.10. The Morgan fingerprint density at radius 1 is 1.00 bits per heavy atom. The van der Waals surface area contributed by atoms with Gasteiger partial charge < -0.3 is 23.7 Å². The van der Waals surface area contributed by atoms with E-state index in [1.54, 1.807) is 0 Å². The summed E-state index contributed by atoms with van der Waals surface area (Å²) in [4.78, 5) is 35.4. The summed E-state index contributed by atoms with van der Waals surface area (Å²) in [6.07, 6.45) is -0.0574. The van der Waals surface area contributed by atoms with E-state index in [0.717, 1.165) is 6.42 Å². The van der Waals surface area contributed by atoms with E-state index in [1.165, 1.54) is 24.4 Å². The molecule has 8 nitrogen and oxygen atoms in total. The fourth-order valence-electron chi connectivity index (χ4n) is 5.01. The van der Waals surface area contributed by atoms with Crippen LogP contribution in [0, 0.1) is 11.8 Å². The van der Waals surface area contributed by atoms with Crippen LogP contribution in [0.2, 0.25) is 25.2 Å². The van der Waals surface area contributed by atoms with Crippen LogP contribution in [-0.4, -0.2) is 63.3 Å². The Morgan fingerprint density at radius 3 is 2.16 bits per heavy atom. The van der Waals surface area contributed by atoms with Crippen molar-refractivity contribution in [2.24, 2.45) is 11.8 Å². The van der Waals surface area contributed by atoms with Crippen molar-refractivity contribution >= 4 is 48.6 Å². The highest BCUT2D eigenvalue weighted by atomic mass is 127. The molecule has 31 heavy (non-hydrogen) atoms. The number of fused-ring (bicyclic) bond motifs is 3. The standard InChI is InChI=1S/C21H31IO8Si/c1-10(23)26-9-15-19(27-11(2)24)20(28-12(3)25)18-17-14(29-21(18)30-15)7-13(22)8-16(17)31(4,5)6/h8,14-21H,7,9H2,1-6H3/t14-,15-,16+,17+,18-,19-,20-,21+/m1/s1. The Morgan fingerprint density at radius 2 is 1.61 bits per heavy atom. The van der Waals surface area contributed by atoms with E-state index in [0.29, 0.717) is 0 Å². The summed E-state index contributed by atoms with van der Waals surface area (Å²) in [5.41, 5.74) is 0.290. The Labute approximate surface area is 197 Å². The Kier molecular flexibility index (Phi) is 7.54. The number of halogens is 1. The van der Waals surface area contributed by atoms with Crippen LogP contribution in [0.4, 0.5) is 0 Å². The topological polar surface area (TPSA) is 97.4 Å². The monoisotopic (exact) mass is 566 g/mol. The van der Waals surface area contributed by atoms with Crippen molar-refractivity contribution in [2.75, 3.05) is 6.61 Å². The number of esters is 3. The molecule has 0 amide bonds. The molecule has 0 aromatic heterocycles. The molecule has 174 valence electrons. The summed E-state index contributed by atoms with van der Waals surface area (Å²) < 4.78 is 30.3. The first-order valence-electron chi connectivity index (χ1n) is 10.5. The molecule has 0 aromatic rings. The smallest absolute Gasteiger partial charge is 0.303 e. The lowest BCUT2D eigenvalue weighted by Crippen LogP contribution is -2.59. The second-order valence-electron chi connectivity index (χ2n) is 9.53. The van der Waals surface area contributed by atoms with E-state index in [-0.39, 0.29) is 30.1 Å². The Bertz CT molecular complexity index is 763. The molecule has 0 bridgehead atoms. The molecule has 0 radical (unpaired) electrons. The molecule has 3 aliphatic rings. The average Bonchev–Trinajstić information content (AvgIpc) is 2.97. The minimum atomic E-state index is -1.67. The van der Waals surface area contributed by atoms with Crippen LogP contribution < -0.4 is 0 Å². The molecule has 0 saturated carbocycles. The van der Waals surface area contributed by atoms with Gasteiger partial charge in [-0.05, 0) is 31.7 Å². The van der Waals surface area contributed by atoms with Crippen molar-refractivity contribution in [3.63, 3.8) is 0 Å². The molecule has 2 saturated heterocycles. The highest BCUT2D eigenvalue weighted by Crippen LogP contribution is 2.55. The molecule has 8 atom stereocenters. The molecule has 0 spiro atoms. The van der Waals surface area contributed by atoms with Crippen LogP contribution in [0.3, 0.4) is 0 Å². The van der Waals surface area contributed by atoms with Crippen molar-refractivity contribution in [2.45, 2.75) is 83.1 Å². The van der Waals surface area contributed by atoms with E-state index in [2.05, 4.69) is 48.3 Å². The quantitative estimate of drug-likeness (QED) is 0.217. The third-order valence-corrected chi connectivity index (χ3v) is 9.45. The maximum atomic E-state index is 12.1.